The van der Waals surface area contributed by atoms with Crippen LogP contribution < -0.4 is 16.0 Å². The first kappa shape index (κ1) is 25.0. The highest BCUT2D eigenvalue weighted by molar-refractivity contribution is 5.93. The third-order valence-corrected chi connectivity index (χ3v) is 7.35. The van der Waals surface area contributed by atoms with E-state index in [1.54, 1.807) is 0 Å². The van der Waals surface area contributed by atoms with Crippen molar-refractivity contribution in [1.29, 1.82) is 0 Å². The summed E-state index contributed by atoms with van der Waals surface area (Å²) in [4.78, 5) is 15.3. The zero-order chi connectivity index (χ0) is 24.8. The molecule has 0 spiro atoms. The molecule has 1 aliphatic rings. The van der Waals surface area contributed by atoms with E-state index in [1.807, 2.05) is 23.1 Å². The molecule has 4 rings (SSSR count). The number of urea groups is 1. The monoisotopic (exact) mass is 469 g/mol. The van der Waals surface area contributed by atoms with Crippen LogP contribution in [0, 0.1) is 5.92 Å². The summed E-state index contributed by atoms with van der Waals surface area (Å²) < 4.78 is 0. The van der Waals surface area contributed by atoms with Gasteiger partial charge in [0.2, 0.25) is 0 Å². The molecule has 4 atom stereocenters. The second kappa shape index (κ2) is 11.5. The van der Waals surface area contributed by atoms with Crippen LogP contribution >= 0.6 is 0 Å². The Bertz CT molecular complexity index is 1080. The van der Waals surface area contributed by atoms with Crippen LogP contribution in [0.1, 0.15) is 57.1 Å². The van der Waals surface area contributed by atoms with Gasteiger partial charge in [-0.1, -0.05) is 100 Å². The van der Waals surface area contributed by atoms with Gasteiger partial charge in [-0.05, 0) is 53.1 Å². The van der Waals surface area contributed by atoms with Crippen molar-refractivity contribution in [3.8, 4) is 11.1 Å². The third kappa shape index (κ3) is 6.32. The fraction of sp³-hybridized carbons (Fsp3) is 0.387. The van der Waals surface area contributed by atoms with Gasteiger partial charge in [0.05, 0.1) is 0 Å². The normalized spacial score (nSPS) is 18.5. The van der Waals surface area contributed by atoms with Gasteiger partial charge in [-0.15, -0.1) is 0 Å². The van der Waals surface area contributed by atoms with Crippen LogP contribution in [-0.2, 0) is 6.42 Å². The zero-order valence-electron chi connectivity index (χ0n) is 21.3. The summed E-state index contributed by atoms with van der Waals surface area (Å²) in [6, 6.07) is 27.5. The van der Waals surface area contributed by atoms with Gasteiger partial charge in [-0.2, -0.15) is 0 Å². The molecule has 0 bridgehead atoms. The van der Waals surface area contributed by atoms with Gasteiger partial charge in [0.15, 0.2) is 0 Å². The minimum atomic E-state index is -0.0827. The number of nitrogens with one attached hydrogen (secondary N) is 1. The van der Waals surface area contributed by atoms with E-state index in [2.05, 4.69) is 86.8 Å². The molecule has 35 heavy (non-hydrogen) atoms. The Balaban J connectivity index is 1.49. The van der Waals surface area contributed by atoms with Crippen molar-refractivity contribution < 1.29 is 4.79 Å². The maximum Gasteiger partial charge on any atom is 0.322 e. The summed E-state index contributed by atoms with van der Waals surface area (Å²) in [5.74, 6) is 0.729. The molecular weight excluding hydrogens is 430 g/mol. The highest BCUT2D eigenvalue weighted by atomic mass is 16.2. The number of rotatable bonds is 10. The lowest BCUT2D eigenvalue weighted by Crippen LogP contribution is -2.49. The fourth-order valence-corrected chi connectivity index (χ4v) is 4.65. The van der Waals surface area contributed by atoms with Crippen molar-refractivity contribution >= 4 is 11.7 Å². The number of amides is 2. The molecule has 0 aromatic heterocycles. The minimum Gasteiger partial charge on any atom is -0.334 e. The van der Waals surface area contributed by atoms with E-state index < -0.39 is 0 Å². The van der Waals surface area contributed by atoms with Crippen molar-refractivity contribution in [2.24, 2.45) is 11.7 Å². The van der Waals surface area contributed by atoms with Crippen LogP contribution in [0.4, 0.5) is 10.5 Å². The van der Waals surface area contributed by atoms with Crippen LogP contribution in [0.2, 0.25) is 0 Å². The molecule has 1 aliphatic carbocycles. The lowest BCUT2D eigenvalue weighted by molar-refractivity contribution is 0.244. The summed E-state index contributed by atoms with van der Waals surface area (Å²) in [7, 11) is 0. The molecule has 184 valence electrons. The van der Waals surface area contributed by atoms with Crippen LogP contribution in [0.3, 0.4) is 0 Å². The summed E-state index contributed by atoms with van der Waals surface area (Å²) in [6.07, 6.45) is 4.22. The summed E-state index contributed by atoms with van der Waals surface area (Å²) >= 11 is 0. The van der Waals surface area contributed by atoms with Gasteiger partial charge in [-0.3, -0.25) is 4.90 Å². The van der Waals surface area contributed by atoms with E-state index in [4.69, 9.17) is 5.73 Å². The van der Waals surface area contributed by atoms with E-state index >= 15 is 0 Å². The second-order valence-electron chi connectivity index (χ2n) is 9.96. The molecule has 2 unspecified atom stereocenters. The summed E-state index contributed by atoms with van der Waals surface area (Å²) in [6.45, 7) is 6.99. The first-order chi connectivity index (χ1) is 17.0. The maximum atomic E-state index is 13.4. The molecule has 3 N–H and O–H groups in total. The van der Waals surface area contributed by atoms with E-state index in [0.717, 1.165) is 36.9 Å². The molecule has 0 radical (unpaired) electrons. The smallest absolute Gasteiger partial charge is 0.322 e. The van der Waals surface area contributed by atoms with Crippen molar-refractivity contribution in [1.82, 2.24) is 5.32 Å². The fourth-order valence-electron chi connectivity index (χ4n) is 4.65. The van der Waals surface area contributed by atoms with Gasteiger partial charge >= 0.3 is 6.03 Å². The Morgan fingerprint density at radius 3 is 2.20 bits per heavy atom. The minimum absolute atomic E-state index is 0.0659. The Morgan fingerprint density at radius 1 is 0.971 bits per heavy atom. The first-order valence-corrected chi connectivity index (χ1v) is 13.1. The Morgan fingerprint density at radius 2 is 1.60 bits per heavy atom. The number of carbonyl (C=O) groups is 1. The molecule has 2 amide bonds. The largest absolute Gasteiger partial charge is 0.334 e. The van der Waals surface area contributed by atoms with Crippen molar-refractivity contribution in [2.75, 3.05) is 11.4 Å². The topological polar surface area (TPSA) is 58.4 Å². The van der Waals surface area contributed by atoms with Gasteiger partial charge in [0.1, 0.15) is 0 Å². The lowest BCUT2D eigenvalue weighted by atomic mass is 9.99. The highest BCUT2D eigenvalue weighted by Crippen LogP contribution is 2.40. The molecule has 4 heteroatoms. The average Bonchev–Trinajstić information content (AvgIpc) is 3.67. The maximum absolute atomic E-state index is 13.4. The zero-order valence-corrected chi connectivity index (χ0v) is 21.3. The summed E-state index contributed by atoms with van der Waals surface area (Å²) in [5, 5.41) is 3.26. The van der Waals surface area contributed by atoms with E-state index in [0.29, 0.717) is 18.4 Å². The number of anilines is 1. The third-order valence-electron chi connectivity index (χ3n) is 7.35. The van der Waals surface area contributed by atoms with Gasteiger partial charge in [0.25, 0.3) is 0 Å². The van der Waals surface area contributed by atoms with E-state index in [1.165, 1.54) is 16.7 Å². The number of hydrogen-bond acceptors (Lipinski definition) is 2. The molecule has 1 fully saturated rings. The SMILES string of the molecule is CCCc1ccc(-c2ccc(N(CC(N)C(C)CC)C(=O)N[C@H]3C[C@@H]3c3ccccc3)cc2)cc1. The second-order valence-corrected chi connectivity index (χ2v) is 9.96. The Hall–Kier alpha value is -3.11. The predicted molar refractivity (Wildman–Crippen MR) is 147 cm³/mol. The van der Waals surface area contributed by atoms with Crippen LogP contribution in [0.25, 0.3) is 11.1 Å². The highest BCUT2D eigenvalue weighted by Gasteiger charge is 2.40. The lowest BCUT2D eigenvalue weighted by Gasteiger charge is -2.29. The van der Waals surface area contributed by atoms with Crippen LogP contribution in [-0.4, -0.2) is 24.7 Å². The molecule has 3 aromatic rings. The van der Waals surface area contributed by atoms with E-state index in [9.17, 15) is 4.79 Å². The van der Waals surface area contributed by atoms with E-state index in [-0.39, 0.29) is 18.1 Å². The molecule has 0 heterocycles. The van der Waals surface area contributed by atoms with Crippen LogP contribution in [0.15, 0.2) is 78.9 Å². The number of nitrogens with zero attached hydrogens (tertiary/aromatic N) is 1. The number of nitrogens with two attached hydrogens (primary N) is 1. The molecule has 3 aromatic carbocycles. The van der Waals surface area contributed by atoms with Crippen molar-refractivity contribution in [3.63, 3.8) is 0 Å². The summed E-state index contributed by atoms with van der Waals surface area (Å²) in [5.41, 5.74) is 12.4. The number of hydrogen-bond donors (Lipinski definition) is 2. The quantitative estimate of drug-likeness (QED) is 0.345. The molecular formula is C31H39N3O. The van der Waals surface area contributed by atoms with Gasteiger partial charge in [-0.25, -0.2) is 4.79 Å². The van der Waals surface area contributed by atoms with Crippen LogP contribution in [0.5, 0.6) is 0 Å². The van der Waals surface area contributed by atoms with Crippen molar-refractivity contribution in [2.45, 2.75) is 64.5 Å². The Kier molecular flexibility index (Phi) is 8.25. The van der Waals surface area contributed by atoms with Gasteiger partial charge < -0.3 is 11.1 Å². The molecule has 4 nitrogen and oxygen atoms in total. The molecule has 0 aliphatic heterocycles. The number of carbonyl (C=O) groups excluding carboxylic acids is 1. The Labute approximate surface area is 210 Å². The molecule has 1 saturated carbocycles. The van der Waals surface area contributed by atoms with Crippen molar-refractivity contribution in [3.05, 3.63) is 90.0 Å². The standard InChI is InChI=1S/C31H39N3O/c1-4-9-23-12-14-24(15-13-23)25-16-18-27(19-17-25)34(21-29(32)22(3)5-2)31(35)33-30-20-28(30)26-10-7-6-8-11-26/h6-8,10-19,22,28-30H,4-5,9,20-21,32H2,1-3H3,(H,33,35)/t22?,28-,29?,30+/m1/s1. The predicted octanol–water partition coefficient (Wildman–Crippen LogP) is 6.75. The first-order valence-electron chi connectivity index (χ1n) is 13.1. The molecule has 0 saturated heterocycles. The number of aryl methyl sites for hydroxylation is 1. The average molecular weight is 470 g/mol. The number of benzene rings is 3. The van der Waals surface area contributed by atoms with Gasteiger partial charge in [0, 0.05) is 30.2 Å².